The molecule has 0 fully saturated rings. The van der Waals surface area contributed by atoms with Crippen LogP contribution in [0.3, 0.4) is 0 Å². The van der Waals surface area contributed by atoms with Gasteiger partial charge in [-0.05, 0) is 35.2 Å². The Hall–Kier alpha value is -2.39. The molecule has 0 saturated carbocycles. The molecule has 0 aliphatic heterocycles. The molecule has 0 spiro atoms. The SMILES string of the molecule is N#Cc1cc(F)ccc1NCc1ccsc1C(=O)O. The molecule has 0 aliphatic carbocycles. The second kappa shape index (κ2) is 5.50. The summed E-state index contributed by atoms with van der Waals surface area (Å²) in [5, 5.41) is 22.5. The van der Waals surface area contributed by atoms with Crippen LogP contribution in [0.25, 0.3) is 0 Å². The van der Waals surface area contributed by atoms with Crippen LogP contribution >= 0.6 is 11.3 Å². The molecule has 0 atom stereocenters. The summed E-state index contributed by atoms with van der Waals surface area (Å²) in [6.07, 6.45) is 0. The van der Waals surface area contributed by atoms with Crippen molar-refractivity contribution in [3.05, 3.63) is 51.5 Å². The number of nitriles is 1. The number of hydrogen-bond acceptors (Lipinski definition) is 4. The van der Waals surface area contributed by atoms with Crippen LogP contribution < -0.4 is 5.32 Å². The van der Waals surface area contributed by atoms with Crippen molar-refractivity contribution >= 4 is 23.0 Å². The normalized spacial score (nSPS) is 9.89. The highest BCUT2D eigenvalue weighted by Crippen LogP contribution is 2.20. The minimum atomic E-state index is -0.980. The van der Waals surface area contributed by atoms with Crippen molar-refractivity contribution in [2.45, 2.75) is 6.54 Å². The molecule has 0 unspecified atom stereocenters. The molecule has 1 aromatic heterocycles. The van der Waals surface area contributed by atoms with E-state index in [4.69, 9.17) is 10.4 Å². The lowest BCUT2D eigenvalue weighted by Crippen LogP contribution is -2.05. The maximum absolute atomic E-state index is 13.0. The van der Waals surface area contributed by atoms with E-state index in [-0.39, 0.29) is 17.0 Å². The van der Waals surface area contributed by atoms with Gasteiger partial charge in [0.1, 0.15) is 16.8 Å². The Balaban J connectivity index is 2.17. The average Bonchev–Trinajstić information content (AvgIpc) is 2.85. The van der Waals surface area contributed by atoms with Gasteiger partial charge in [0, 0.05) is 6.54 Å². The smallest absolute Gasteiger partial charge is 0.346 e. The number of halogens is 1. The number of aromatic carboxylic acids is 1. The number of nitrogens with zero attached hydrogens (tertiary/aromatic N) is 1. The van der Waals surface area contributed by atoms with E-state index in [1.165, 1.54) is 12.1 Å². The van der Waals surface area contributed by atoms with E-state index in [1.54, 1.807) is 11.4 Å². The van der Waals surface area contributed by atoms with Crippen molar-refractivity contribution in [2.75, 3.05) is 5.32 Å². The molecule has 0 radical (unpaired) electrons. The Kier molecular flexibility index (Phi) is 3.78. The van der Waals surface area contributed by atoms with Gasteiger partial charge < -0.3 is 10.4 Å². The first-order valence-electron chi connectivity index (χ1n) is 5.35. The highest BCUT2D eigenvalue weighted by Gasteiger charge is 2.12. The van der Waals surface area contributed by atoms with Crippen LogP contribution in [0.4, 0.5) is 10.1 Å². The van der Waals surface area contributed by atoms with Crippen molar-refractivity contribution in [3.8, 4) is 6.07 Å². The van der Waals surface area contributed by atoms with Gasteiger partial charge in [-0.1, -0.05) is 0 Å². The van der Waals surface area contributed by atoms with E-state index in [1.807, 2.05) is 6.07 Å². The molecule has 1 heterocycles. The van der Waals surface area contributed by atoms with Gasteiger partial charge >= 0.3 is 5.97 Å². The standard InChI is InChI=1S/C13H9FN2O2S/c14-10-1-2-11(9(5-10)6-15)16-7-8-3-4-19-12(8)13(17)18/h1-5,16H,7H2,(H,17,18). The van der Waals surface area contributed by atoms with E-state index in [2.05, 4.69) is 5.32 Å². The van der Waals surface area contributed by atoms with Crippen molar-refractivity contribution < 1.29 is 14.3 Å². The van der Waals surface area contributed by atoms with Crippen LogP contribution in [-0.4, -0.2) is 11.1 Å². The molecule has 0 aliphatic rings. The third-order valence-electron chi connectivity index (χ3n) is 2.51. The number of thiophene rings is 1. The molecule has 4 nitrogen and oxygen atoms in total. The molecule has 0 saturated heterocycles. The Morgan fingerprint density at radius 1 is 1.47 bits per heavy atom. The van der Waals surface area contributed by atoms with Crippen molar-refractivity contribution in [2.24, 2.45) is 0 Å². The Morgan fingerprint density at radius 2 is 2.26 bits per heavy atom. The molecule has 1 aromatic carbocycles. The van der Waals surface area contributed by atoms with Crippen molar-refractivity contribution in [1.82, 2.24) is 0 Å². The molecule has 6 heteroatoms. The van der Waals surface area contributed by atoms with Gasteiger partial charge in [0.15, 0.2) is 0 Å². The van der Waals surface area contributed by atoms with Crippen LogP contribution in [0.15, 0.2) is 29.6 Å². The van der Waals surface area contributed by atoms with E-state index in [0.717, 1.165) is 17.4 Å². The molecule has 0 bridgehead atoms. The number of carbonyl (C=O) groups is 1. The number of carboxylic acid groups (broad SMARTS) is 1. The zero-order valence-electron chi connectivity index (χ0n) is 9.68. The first-order chi connectivity index (χ1) is 9.11. The van der Waals surface area contributed by atoms with E-state index >= 15 is 0 Å². The topological polar surface area (TPSA) is 73.1 Å². The second-order valence-electron chi connectivity index (χ2n) is 3.74. The van der Waals surface area contributed by atoms with Gasteiger partial charge in [0.2, 0.25) is 0 Å². The van der Waals surface area contributed by atoms with Gasteiger partial charge in [-0.3, -0.25) is 0 Å². The summed E-state index contributed by atoms with van der Waals surface area (Å²) in [7, 11) is 0. The summed E-state index contributed by atoms with van der Waals surface area (Å²) in [6.45, 7) is 0.269. The fourth-order valence-corrected chi connectivity index (χ4v) is 2.38. The van der Waals surface area contributed by atoms with Gasteiger partial charge in [-0.15, -0.1) is 11.3 Å². The molecule has 2 rings (SSSR count). The van der Waals surface area contributed by atoms with E-state index < -0.39 is 11.8 Å². The average molecular weight is 276 g/mol. The number of benzene rings is 1. The molecule has 2 N–H and O–H groups in total. The Morgan fingerprint density at radius 3 is 2.95 bits per heavy atom. The summed E-state index contributed by atoms with van der Waals surface area (Å²) >= 11 is 1.14. The second-order valence-corrected chi connectivity index (χ2v) is 4.65. The zero-order chi connectivity index (χ0) is 13.8. The number of rotatable bonds is 4. The van der Waals surface area contributed by atoms with Crippen LogP contribution in [0.5, 0.6) is 0 Å². The quantitative estimate of drug-likeness (QED) is 0.900. The van der Waals surface area contributed by atoms with Crippen molar-refractivity contribution in [1.29, 1.82) is 5.26 Å². The summed E-state index contributed by atoms with van der Waals surface area (Å²) in [5.74, 6) is -1.46. The van der Waals surface area contributed by atoms with Gasteiger partial charge in [-0.25, -0.2) is 9.18 Å². The zero-order valence-corrected chi connectivity index (χ0v) is 10.5. The minimum Gasteiger partial charge on any atom is -0.477 e. The van der Waals surface area contributed by atoms with E-state index in [9.17, 15) is 9.18 Å². The van der Waals surface area contributed by atoms with Gasteiger partial charge in [0.05, 0.1) is 11.3 Å². The monoisotopic (exact) mass is 276 g/mol. The summed E-state index contributed by atoms with van der Waals surface area (Å²) in [6, 6.07) is 7.43. The predicted octanol–water partition coefficient (Wildman–Crippen LogP) is 3.07. The van der Waals surface area contributed by atoms with E-state index in [0.29, 0.717) is 11.3 Å². The van der Waals surface area contributed by atoms with Crippen LogP contribution in [0.1, 0.15) is 20.8 Å². The summed E-state index contributed by atoms with van der Waals surface area (Å²) in [4.78, 5) is 11.2. The van der Waals surface area contributed by atoms with Gasteiger partial charge in [-0.2, -0.15) is 5.26 Å². The van der Waals surface area contributed by atoms with Crippen LogP contribution in [-0.2, 0) is 6.54 Å². The van der Waals surface area contributed by atoms with Crippen molar-refractivity contribution in [3.63, 3.8) is 0 Å². The molecular formula is C13H9FN2O2S. The number of hydrogen-bond donors (Lipinski definition) is 2. The van der Waals surface area contributed by atoms with Crippen LogP contribution in [0, 0.1) is 17.1 Å². The Labute approximate surface area is 112 Å². The molecular weight excluding hydrogens is 267 g/mol. The lowest BCUT2D eigenvalue weighted by molar-refractivity contribution is 0.0701. The maximum Gasteiger partial charge on any atom is 0.346 e. The minimum absolute atomic E-state index is 0.187. The van der Waals surface area contributed by atoms with Gasteiger partial charge in [0.25, 0.3) is 0 Å². The Bertz CT molecular complexity index is 661. The lowest BCUT2D eigenvalue weighted by Gasteiger charge is -2.08. The number of nitrogens with one attached hydrogen (secondary N) is 1. The lowest BCUT2D eigenvalue weighted by atomic mass is 10.1. The fourth-order valence-electron chi connectivity index (χ4n) is 1.62. The molecule has 2 aromatic rings. The predicted molar refractivity (Wildman–Crippen MR) is 69.7 cm³/mol. The molecule has 96 valence electrons. The number of anilines is 1. The largest absolute Gasteiger partial charge is 0.477 e. The first kappa shape index (κ1) is 13.1. The number of carboxylic acids is 1. The summed E-state index contributed by atoms with van der Waals surface area (Å²) in [5.41, 5.74) is 1.30. The maximum atomic E-state index is 13.0. The molecule has 19 heavy (non-hydrogen) atoms. The summed E-state index contributed by atoms with van der Waals surface area (Å²) < 4.78 is 13.0. The third kappa shape index (κ3) is 2.89. The fraction of sp³-hybridized carbons (Fsp3) is 0.0769. The third-order valence-corrected chi connectivity index (χ3v) is 3.46. The molecule has 0 amide bonds. The highest BCUT2D eigenvalue weighted by atomic mass is 32.1. The highest BCUT2D eigenvalue weighted by molar-refractivity contribution is 7.12. The van der Waals surface area contributed by atoms with Crippen LogP contribution in [0.2, 0.25) is 0 Å². The first-order valence-corrected chi connectivity index (χ1v) is 6.23.